The highest BCUT2D eigenvalue weighted by Gasteiger charge is 2.26. The van der Waals surface area contributed by atoms with E-state index in [1.165, 1.54) is 4.52 Å². The summed E-state index contributed by atoms with van der Waals surface area (Å²) in [6.45, 7) is 2.58. The van der Waals surface area contributed by atoms with Gasteiger partial charge >= 0.3 is 0 Å². The number of rotatable bonds is 3. The number of hydrogen-bond acceptors (Lipinski definition) is 4. The highest BCUT2D eigenvalue weighted by atomic mass is 16.3. The summed E-state index contributed by atoms with van der Waals surface area (Å²) in [7, 11) is 3.93. The van der Waals surface area contributed by atoms with Gasteiger partial charge in [0, 0.05) is 12.1 Å². The van der Waals surface area contributed by atoms with Gasteiger partial charge in [-0.3, -0.25) is 4.79 Å². The lowest BCUT2D eigenvalue weighted by Gasteiger charge is -2.12. The molecule has 2 heterocycles. The van der Waals surface area contributed by atoms with Crippen molar-refractivity contribution >= 4 is 5.65 Å². The number of aromatic hydroxyl groups is 1. The summed E-state index contributed by atoms with van der Waals surface area (Å²) in [5, 5.41) is 14.9. The zero-order chi connectivity index (χ0) is 15.1. The van der Waals surface area contributed by atoms with Crippen LogP contribution in [0.2, 0.25) is 0 Å². The molecule has 0 aliphatic heterocycles. The number of hydrogen-bond donors (Lipinski definition) is 2. The van der Waals surface area contributed by atoms with Gasteiger partial charge in [-0.2, -0.15) is 9.61 Å². The van der Waals surface area contributed by atoms with Crippen LogP contribution in [0.5, 0.6) is 5.88 Å². The van der Waals surface area contributed by atoms with Crippen LogP contribution in [0.15, 0.2) is 4.79 Å². The Bertz CT molecular complexity index is 723. The number of aromatic nitrogens is 3. The second kappa shape index (κ2) is 5.18. The molecule has 6 heteroatoms. The standard InChI is InChI=1S/C15H22N4O2/c1-9-11(8-18(2)3)13-16-14(20)12(10-6-4-5-7-10)15(21)19(13)17-9/h10,21H,4-8H2,1-3H3,(H,16,20). The summed E-state index contributed by atoms with van der Waals surface area (Å²) < 4.78 is 1.49. The third kappa shape index (κ3) is 2.33. The fourth-order valence-electron chi connectivity index (χ4n) is 3.32. The van der Waals surface area contributed by atoms with Gasteiger partial charge in [0.15, 0.2) is 0 Å². The average Bonchev–Trinajstić information content (AvgIpc) is 3.01. The van der Waals surface area contributed by atoms with E-state index in [0.29, 0.717) is 17.8 Å². The molecule has 114 valence electrons. The van der Waals surface area contributed by atoms with Crippen LogP contribution in [-0.2, 0) is 6.54 Å². The molecule has 0 radical (unpaired) electrons. The molecule has 0 unspecified atom stereocenters. The molecule has 0 spiro atoms. The van der Waals surface area contributed by atoms with E-state index in [1.807, 2.05) is 25.9 Å². The molecule has 0 bridgehead atoms. The van der Waals surface area contributed by atoms with Crippen LogP contribution in [0.25, 0.3) is 5.65 Å². The van der Waals surface area contributed by atoms with Crippen molar-refractivity contribution in [3.63, 3.8) is 0 Å². The lowest BCUT2D eigenvalue weighted by Crippen LogP contribution is -2.19. The van der Waals surface area contributed by atoms with Crippen molar-refractivity contribution in [2.75, 3.05) is 14.1 Å². The van der Waals surface area contributed by atoms with E-state index in [4.69, 9.17) is 0 Å². The Morgan fingerprint density at radius 2 is 2.05 bits per heavy atom. The van der Waals surface area contributed by atoms with E-state index < -0.39 is 0 Å². The molecule has 0 aromatic carbocycles. The monoisotopic (exact) mass is 290 g/mol. The topological polar surface area (TPSA) is 73.6 Å². The first-order valence-corrected chi connectivity index (χ1v) is 7.47. The van der Waals surface area contributed by atoms with E-state index in [9.17, 15) is 9.90 Å². The zero-order valence-corrected chi connectivity index (χ0v) is 12.8. The lowest BCUT2D eigenvalue weighted by molar-refractivity contribution is 0.402. The summed E-state index contributed by atoms with van der Waals surface area (Å²) >= 11 is 0. The van der Waals surface area contributed by atoms with Gasteiger partial charge in [-0.15, -0.1) is 0 Å². The molecule has 2 aromatic heterocycles. The number of H-pyrrole nitrogens is 1. The Labute approximate surface area is 123 Å². The van der Waals surface area contributed by atoms with E-state index in [0.717, 1.165) is 36.9 Å². The Morgan fingerprint density at radius 1 is 1.38 bits per heavy atom. The van der Waals surface area contributed by atoms with Crippen LogP contribution in [0.3, 0.4) is 0 Å². The maximum atomic E-state index is 12.4. The van der Waals surface area contributed by atoms with Crippen LogP contribution in [0, 0.1) is 6.92 Å². The molecule has 2 aromatic rings. The highest BCUT2D eigenvalue weighted by Crippen LogP contribution is 2.36. The van der Waals surface area contributed by atoms with Crippen LogP contribution < -0.4 is 5.56 Å². The van der Waals surface area contributed by atoms with Gasteiger partial charge in [-0.05, 0) is 39.8 Å². The summed E-state index contributed by atoms with van der Waals surface area (Å²) in [5.41, 5.74) is 2.71. The van der Waals surface area contributed by atoms with Gasteiger partial charge in [-0.1, -0.05) is 12.8 Å². The van der Waals surface area contributed by atoms with Crippen molar-refractivity contribution in [1.29, 1.82) is 0 Å². The minimum atomic E-state index is -0.174. The third-order valence-electron chi connectivity index (χ3n) is 4.34. The highest BCUT2D eigenvalue weighted by molar-refractivity contribution is 5.53. The van der Waals surface area contributed by atoms with Crippen molar-refractivity contribution in [2.45, 2.75) is 45.1 Å². The lowest BCUT2D eigenvalue weighted by atomic mass is 10.00. The van der Waals surface area contributed by atoms with Gasteiger partial charge in [0.2, 0.25) is 5.88 Å². The molecule has 0 saturated heterocycles. The molecular formula is C15H22N4O2. The number of nitrogens with zero attached hydrogens (tertiary/aromatic N) is 3. The molecule has 1 aliphatic rings. The Hall–Kier alpha value is -1.82. The smallest absolute Gasteiger partial charge is 0.258 e. The maximum absolute atomic E-state index is 12.4. The molecule has 1 fully saturated rings. The van der Waals surface area contributed by atoms with Crippen molar-refractivity contribution in [1.82, 2.24) is 19.5 Å². The predicted octanol–water partition coefficient (Wildman–Crippen LogP) is 1.76. The van der Waals surface area contributed by atoms with Gasteiger partial charge in [-0.25, -0.2) is 0 Å². The SMILES string of the molecule is Cc1nn2c(O)c(C3CCCC3)c(=O)[nH]c2c1CN(C)C. The number of nitrogens with one attached hydrogen (secondary N) is 1. The molecule has 0 atom stereocenters. The minimum Gasteiger partial charge on any atom is -0.493 e. The fraction of sp³-hybridized carbons (Fsp3) is 0.600. The Kier molecular flexibility index (Phi) is 3.49. The second-order valence-electron chi connectivity index (χ2n) is 6.23. The zero-order valence-electron chi connectivity index (χ0n) is 12.8. The molecule has 3 rings (SSSR count). The maximum Gasteiger partial charge on any atom is 0.258 e. The third-order valence-corrected chi connectivity index (χ3v) is 4.34. The minimum absolute atomic E-state index is 0.00811. The van der Waals surface area contributed by atoms with E-state index in [2.05, 4.69) is 10.1 Å². The van der Waals surface area contributed by atoms with Crippen LogP contribution in [0.4, 0.5) is 0 Å². The average molecular weight is 290 g/mol. The van der Waals surface area contributed by atoms with Crippen molar-refractivity contribution in [2.24, 2.45) is 0 Å². The first kappa shape index (κ1) is 14.1. The largest absolute Gasteiger partial charge is 0.493 e. The molecule has 2 N–H and O–H groups in total. The summed E-state index contributed by atoms with van der Waals surface area (Å²) in [6.07, 6.45) is 4.16. The second-order valence-corrected chi connectivity index (χ2v) is 6.23. The molecule has 0 amide bonds. The Morgan fingerprint density at radius 3 is 2.67 bits per heavy atom. The number of aromatic amines is 1. The number of fused-ring (bicyclic) bond motifs is 1. The molecule has 1 aliphatic carbocycles. The summed E-state index contributed by atoms with van der Waals surface area (Å²) in [6, 6.07) is 0. The molecular weight excluding hydrogens is 268 g/mol. The van der Waals surface area contributed by atoms with E-state index >= 15 is 0 Å². The first-order chi connectivity index (χ1) is 9.99. The molecule has 6 nitrogen and oxygen atoms in total. The van der Waals surface area contributed by atoms with Gasteiger partial charge in [0.05, 0.1) is 11.3 Å². The predicted molar refractivity (Wildman–Crippen MR) is 80.8 cm³/mol. The number of aryl methyl sites for hydroxylation is 1. The first-order valence-electron chi connectivity index (χ1n) is 7.47. The van der Waals surface area contributed by atoms with E-state index in [-0.39, 0.29) is 17.4 Å². The van der Waals surface area contributed by atoms with Crippen molar-refractivity contribution in [3.8, 4) is 5.88 Å². The van der Waals surface area contributed by atoms with Crippen molar-refractivity contribution in [3.05, 3.63) is 27.2 Å². The van der Waals surface area contributed by atoms with Crippen LogP contribution in [0.1, 0.15) is 48.4 Å². The van der Waals surface area contributed by atoms with Crippen molar-refractivity contribution < 1.29 is 5.11 Å². The van der Waals surface area contributed by atoms with E-state index in [1.54, 1.807) is 0 Å². The van der Waals surface area contributed by atoms with Gasteiger partial charge in [0.1, 0.15) is 5.65 Å². The molecule has 21 heavy (non-hydrogen) atoms. The quantitative estimate of drug-likeness (QED) is 0.903. The Balaban J connectivity index is 2.20. The van der Waals surface area contributed by atoms with Gasteiger partial charge < -0.3 is 15.0 Å². The normalized spacial score (nSPS) is 16.4. The fourth-order valence-corrected chi connectivity index (χ4v) is 3.32. The van der Waals surface area contributed by atoms with Crippen LogP contribution in [-0.4, -0.2) is 38.7 Å². The molecule has 1 saturated carbocycles. The summed E-state index contributed by atoms with van der Waals surface area (Å²) in [5.74, 6) is 0.161. The van der Waals surface area contributed by atoms with Gasteiger partial charge in [0.25, 0.3) is 5.56 Å². The van der Waals surface area contributed by atoms with Crippen LogP contribution >= 0.6 is 0 Å². The summed E-state index contributed by atoms with van der Waals surface area (Å²) in [4.78, 5) is 17.4.